The monoisotopic (exact) mass is 336 g/mol. The normalized spacial score (nSPS) is 10.4. The molecule has 0 spiro atoms. The van der Waals surface area contributed by atoms with Gasteiger partial charge in [0.25, 0.3) is 11.6 Å². The molecule has 2 aromatic carbocycles. The van der Waals surface area contributed by atoms with Gasteiger partial charge in [0.2, 0.25) is 0 Å². The van der Waals surface area contributed by atoms with Crippen LogP contribution in [0.2, 0.25) is 0 Å². The fourth-order valence-corrected chi connectivity index (χ4v) is 2.67. The number of carbonyl (C=O) groups excluding carboxylic acids is 1. The van der Waals surface area contributed by atoms with Gasteiger partial charge in [-0.25, -0.2) is 0 Å². The predicted octanol–water partition coefficient (Wildman–Crippen LogP) is 4.34. The van der Waals surface area contributed by atoms with Crippen LogP contribution in [0.3, 0.4) is 0 Å². The lowest BCUT2D eigenvalue weighted by Crippen LogP contribution is -2.31. The molecule has 1 amide bonds. The Labute approximate surface area is 144 Å². The molecule has 0 aliphatic heterocycles. The molecule has 0 saturated carbocycles. The third kappa shape index (κ3) is 3.42. The second-order valence-corrected chi connectivity index (χ2v) is 5.53. The number of hydrogen-bond donors (Lipinski definition) is 0. The minimum atomic E-state index is -0.515. The summed E-state index contributed by atoms with van der Waals surface area (Å²) < 4.78 is 5.35. The van der Waals surface area contributed by atoms with Crippen molar-refractivity contribution in [2.45, 2.75) is 13.5 Å². The highest BCUT2D eigenvalue weighted by Gasteiger charge is 2.27. The Morgan fingerprint density at radius 2 is 1.84 bits per heavy atom. The molecule has 6 heteroatoms. The largest absolute Gasteiger partial charge is 0.467 e. The highest BCUT2D eigenvalue weighted by atomic mass is 16.6. The molecule has 126 valence electrons. The van der Waals surface area contributed by atoms with Crippen LogP contribution in [0.4, 0.5) is 11.4 Å². The number of para-hydroxylation sites is 2. The topological polar surface area (TPSA) is 76.6 Å². The molecule has 6 nitrogen and oxygen atoms in total. The van der Waals surface area contributed by atoms with Crippen LogP contribution in [0, 0.1) is 17.0 Å². The molecule has 0 aliphatic carbocycles. The van der Waals surface area contributed by atoms with Crippen molar-refractivity contribution in [2.75, 3.05) is 4.90 Å². The van der Waals surface area contributed by atoms with Gasteiger partial charge < -0.3 is 9.32 Å². The number of amides is 1. The Kier molecular flexibility index (Phi) is 4.61. The van der Waals surface area contributed by atoms with E-state index in [9.17, 15) is 14.9 Å². The van der Waals surface area contributed by atoms with E-state index in [1.54, 1.807) is 43.3 Å². The first-order chi connectivity index (χ1) is 12.1. The lowest BCUT2D eigenvalue weighted by Gasteiger charge is -2.22. The van der Waals surface area contributed by atoms with E-state index in [2.05, 4.69) is 0 Å². The molecule has 0 saturated heterocycles. The lowest BCUT2D eigenvalue weighted by molar-refractivity contribution is -0.385. The van der Waals surface area contributed by atoms with Gasteiger partial charge in [-0.05, 0) is 37.3 Å². The maximum atomic E-state index is 13.1. The van der Waals surface area contributed by atoms with Crippen LogP contribution < -0.4 is 4.90 Å². The van der Waals surface area contributed by atoms with E-state index >= 15 is 0 Å². The van der Waals surface area contributed by atoms with Crippen LogP contribution in [0.5, 0.6) is 0 Å². The maximum absolute atomic E-state index is 13.1. The Morgan fingerprint density at radius 3 is 2.48 bits per heavy atom. The fraction of sp³-hybridized carbons (Fsp3) is 0.105. The minimum absolute atomic E-state index is 0.0559. The number of carbonyl (C=O) groups is 1. The van der Waals surface area contributed by atoms with Gasteiger partial charge in [-0.15, -0.1) is 0 Å². The van der Waals surface area contributed by atoms with E-state index < -0.39 is 10.8 Å². The minimum Gasteiger partial charge on any atom is -0.467 e. The van der Waals surface area contributed by atoms with Crippen molar-refractivity contribution < 1.29 is 14.1 Å². The molecule has 0 radical (unpaired) electrons. The van der Waals surface area contributed by atoms with E-state index in [0.29, 0.717) is 17.0 Å². The van der Waals surface area contributed by atoms with Crippen LogP contribution in [0.15, 0.2) is 71.3 Å². The van der Waals surface area contributed by atoms with E-state index in [0.717, 1.165) is 0 Å². The van der Waals surface area contributed by atoms with E-state index in [-0.39, 0.29) is 17.8 Å². The van der Waals surface area contributed by atoms with Gasteiger partial charge in [-0.1, -0.05) is 30.3 Å². The first-order valence-corrected chi connectivity index (χ1v) is 7.71. The smallest absolute Gasteiger partial charge is 0.285 e. The van der Waals surface area contributed by atoms with Crippen molar-refractivity contribution in [1.82, 2.24) is 0 Å². The van der Waals surface area contributed by atoms with Gasteiger partial charge in [-0.2, -0.15) is 0 Å². The fourth-order valence-electron chi connectivity index (χ4n) is 2.67. The van der Waals surface area contributed by atoms with Gasteiger partial charge in [0.15, 0.2) is 0 Å². The molecule has 3 aromatic rings. The number of rotatable bonds is 5. The van der Waals surface area contributed by atoms with Crippen molar-refractivity contribution in [3.05, 3.63) is 93.9 Å². The van der Waals surface area contributed by atoms with Crippen molar-refractivity contribution in [3.8, 4) is 0 Å². The molecule has 0 unspecified atom stereocenters. The number of aryl methyl sites for hydroxylation is 1. The predicted molar refractivity (Wildman–Crippen MR) is 93.5 cm³/mol. The quantitative estimate of drug-likeness (QED) is 0.513. The average Bonchev–Trinajstić information content (AvgIpc) is 3.12. The summed E-state index contributed by atoms with van der Waals surface area (Å²) in [5.41, 5.74) is 0.967. The molecular weight excluding hydrogens is 320 g/mol. The first-order valence-electron chi connectivity index (χ1n) is 7.71. The molecular formula is C19H16N2O4. The highest BCUT2D eigenvalue weighted by molar-refractivity contribution is 6.08. The van der Waals surface area contributed by atoms with Crippen molar-refractivity contribution in [1.29, 1.82) is 0 Å². The van der Waals surface area contributed by atoms with Crippen molar-refractivity contribution in [3.63, 3.8) is 0 Å². The zero-order chi connectivity index (χ0) is 17.8. The molecule has 0 bridgehead atoms. The standard InChI is InChI=1S/C19H16N2O4/c1-14-7-5-11-17(18(14)21(23)24)19(22)20(13-16-10-6-12-25-16)15-8-3-2-4-9-15/h2-12H,13H2,1H3. The molecule has 0 aliphatic rings. The summed E-state index contributed by atoms with van der Waals surface area (Å²) in [4.78, 5) is 25.5. The van der Waals surface area contributed by atoms with Gasteiger partial charge in [0.05, 0.1) is 17.7 Å². The number of hydrogen-bond acceptors (Lipinski definition) is 4. The first kappa shape index (κ1) is 16.4. The number of nitro groups is 1. The molecule has 1 aromatic heterocycles. The highest BCUT2D eigenvalue weighted by Crippen LogP contribution is 2.27. The third-order valence-electron chi connectivity index (χ3n) is 3.86. The second-order valence-electron chi connectivity index (χ2n) is 5.53. The molecule has 0 N–H and O–H groups in total. The molecule has 0 fully saturated rings. The van der Waals surface area contributed by atoms with E-state index in [1.807, 2.05) is 18.2 Å². The zero-order valence-electron chi connectivity index (χ0n) is 13.6. The van der Waals surface area contributed by atoms with Crippen LogP contribution in [0.25, 0.3) is 0 Å². The summed E-state index contributed by atoms with van der Waals surface area (Å²) in [6.45, 7) is 1.80. The summed E-state index contributed by atoms with van der Waals surface area (Å²) in [5, 5.41) is 11.4. The number of furan rings is 1. The number of nitrogens with zero attached hydrogens (tertiary/aromatic N) is 2. The van der Waals surface area contributed by atoms with Crippen LogP contribution in [0.1, 0.15) is 21.7 Å². The van der Waals surface area contributed by atoms with E-state index in [1.165, 1.54) is 17.2 Å². The number of nitro benzene ring substituents is 1. The molecule has 0 atom stereocenters. The Bertz CT molecular complexity index is 889. The summed E-state index contributed by atoms with van der Waals surface area (Å²) in [5.74, 6) is 0.144. The zero-order valence-corrected chi connectivity index (χ0v) is 13.6. The number of anilines is 1. The molecule has 1 heterocycles. The average molecular weight is 336 g/mol. The Balaban J connectivity index is 2.06. The van der Waals surface area contributed by atoms with Gasteiger partial charge >= 0.3 is 0 Å². The van der Waals surface area contributed by atoms with Crippen LogP contribution in [-0.4, -0.2) is 10.8 Å². The maximum Gasteiger partial charge on any atom is 0.285 e. The van der Waals surface area contributed by atoms with Gasteiger partial charge in [0.1, 0.15) is 11.3 Å². The van der Waals surface area contributed by atoms with E-state index in [4.69, 9.17) is 4.42 Å². The van der Waals surface area contributed by atoms with Crippen LogP contribution >= 0.6 is 0 Å². The second kappa shape index (κ2) is 7.00. The SMILES string of the molecule is Cc1cccc(C(=O)N(Cc2ccco2)c2ccccc2)c1[N+](=O)[O-]. The lowest BCUT2D eigenvalue weighted by atomic mass is 10.1. The summed E-state index contributed by atoms with van der Waals surface area (Å²) >= 11 is 0. The third-order valence-corrected chi connectivity index (χ3v) is 3.86. The van der Waals surface area contributed by atoms with Gasteiger partial charge in [-0.3, -0.25) is 14.9 Å². The molecule has 25 heavy (non-hydrogen) atoms. The number of benzene rings is 2. The molecule has 3 rings (SSSR count). The van der Waals surface area contributed by atoms with Crippen LogP contribution in [-0.2, 0) is 6.54 Å². The van der Waals surface area contributed by atoms with Crippen molar-refractivity contribution >= 4 is 17.3 Å². The van der Waals surface area contributed by atoms with Crippen molar-refractivity contribution in [2.24, 2.45) is 0 Å². The Morgan fingerprint density at radius 1 is 1.08 bits per heavy atom. The Hall–Kier alpha value is -3.41. The summed E-state index contributed by atoms with van der Waals surface area (Å²) in [7, 11) is 0. The van der Waals surface area contributed by atoms with Gasteiger partial charge in [0, 0.05) is 11.3 Å². The summed E-state index contributed by atoms with van der Waals surface area (Å²) in [6, 6.07) is 17.3. The summed E-state index contributed by atoms with van der Waals surface area (Å²) in [6.07, 6.45) is 1.53.